The van der Waals surface area contributed by atoms with Crippen molar-refractivity contribution in [1.82, 2.24) is 9.55 Å². The highest BCUT2D eigenvalue weighted by atomic mass is 15.2. The smallest absolute Gasteiger partial charge is 0.127 e. The van der Waals surface area contributed by atoms with Crippen LogP contribution in [-0.2, 0) is 0 Å². The first kappa shape index (κ1) is 12.5. The Bertz CT molecular complexity index is 388. The summed E-state index contributed by atoms with van der Waals surface area (Å²) in [6.45, 7) is 8.84. The molecule has 0 spiro atoms. The van der Waals surface area contributed by atoms with Crippen molar-refractivity contribution in [3.63, 3.8) is 0 Å². The van der Waals surface area contributed by atoms with Gasteiger partial charge in [0.15, 0.2) is 0 Å². The first-order valence-corrected chi connectivity index (χ1v) is 6.93. The predicted molar refractivity (Wildman–Crippen MR) is 72.3 cm³/mol. The molecule has 1 unspecified atom stereocenters. The molecule has 1 aliphatic carbocycles. The highest BCUT2D eigenvalue weighted by molar-refractivity contribution is 5.42. The summed E-state index contributed by atoms with van der Waals surface area (Å²) in [5.41, 5.74) is 7.43. The van der Waals surface area contributed by atoms with E-state index in [2.05, 4.69) is 32.3 Å². The summed E-state index contributed by atoms with van der Waals surface area (Å²) in [5.74, 6) is 3.29. The maximum absolute atomic E-state index is 6.30. The van der Waals surface area contributed by atoms with Crippen molar-refractivity contribution in [2.45, 2.75) is 71.3 Å². The quantitative estimate of drug-likeness (QED) is 0.843. The molecule has 2 N–H and O–H groups in total. The Morgan fingerprint density at radius 1 is 1.35 bits per heavy atom. The van der Waals surface area contributed by atoms with E-state index in [0.29, 0.717) is 17.9 Å². The summed E-state index contributed by atoms with van der Waals surface area (Å²) >= 11 is 0. The monoisotopic (exact) mass is 235 g/mol. The molecule has 1 aromatic heterocycles. The van der Waals surface area contributed by atoms with Gasteiger partial charge in [-0.2, -0.15) is 0 Å². The van der Waals surface area contributed by atoms with Crippen LogP contribution in [0.5, 0.6) is 0 Å². The minimum atomic E-state index is 0.417. The van der Waals surface area contributed by atoms with Crippen molar-refractivity contribution in [2.24, 2.45) is 0 Å². The standard InChI is InChI=1S/C14H25N3/c1-5-6-10(4)12-13(15)17(9(2)3)14(16-12)11-7-8-11/h9-11H,5-8,15H2,1-4H3. The van der Waals surface area contributed by atoms with E-state index >= 15 is 0 Å². The van der Waals surface area contributed by atoms with Gasteiger partial charge in [0.2, 0.25) is 0 Å². The molecule has 1 heterocycles. The maximum atomic E-state index is 6.30. The molecule has 3 heteroatoms. The molecule has 1 atom stereocenters. The van der Waals surface area contributed by atoms with Gasteiger partial charge in [0.25, 0.3) is 0 Å². The molecule has 0 saturated heterocycles. The Hall–Kier alpha value is -0.990. The maximum Gasteiger partial charge on any atom is 0.127 e. The minimum Gasteiger partial charge on any atom is -0.384 e. The van der Waals surface area contributed by atoms with Crippen LogP contribution in [0, 0.1) is 0 Å². The van der Waals surface area contributed by atoms with Crippen LogP contribution in [-0.4, -0.2) is 9.55 Å². The van der Waals surface area contributed by atoms with Crippen LogP contribution in [0.3, 0.4) is 0 Å². The fourth-order valence-corrected chi connectivity index (χ4v) is 2.59. The lowest BCUT2D eigenvalue weighted by molar-refractivity contribution is 0.576. The summed E-state index contributed by atoms with van der Waals surface area (Å²) < 4.78 is 2.25. The second-order valence-electron chi connectivity index (χ2n) is 5.67. The lowest BCUT2D eigenvalue weighted by Crippen LogP contribution is -2.09. The molecule has 1 saturated carbocycles. The van der Waals surface area contributed by atoms with Gasteiger partial charge in [-0.05, 0) is 33.1 Å². The molecule has 0 aromatic carbocycles. The van der Waals surface area contributed by atoms with Crippen LogP contribution in [0.25, 0.3) is 0 Å². The SMILES string of the molecule is CCCC(C)c1nc(C2CC2)n(C(C)C)c1N. The van der Waals surface area contributed by atoms with Crippen LogP contribution >= 0.6 is 0 Å². The molecule has 1 aromatic rings. The van der Waals surface area contributed by atoms with Gasteiger partial charge in [0.1, 0.15) is 11.6 Å². The summed E-state index contributed by atoms with van der Waals surface area (Å²) in [7, 11) is 0. The van der Waals surface area contributed by atoms with E-state index in [1.807, 2.05) is 0 Å². The third-order valence-electron chi connectivity index (χ3n) is 3.65. The number of anilines is 1. The van der Waals surface area contributed by atoms with E-state index in [0.717, 1.165) is 11.5 Å². The van der Waals surface area contributed by atoms with Crippen LogP contribution in [0.1, 0.15) is 82.8 Å². The van der Waals surface area contributed by atoms with Gasteiger partial charge in [-0.3, -0.25) is 0 Å². The Morgan fingerprint density at radius 3 is 2.47 bits per heavy atom. The fourth-order valence-electron chi connectivity index (χ4n) is 2.59. The van der Waals surface area contributed by atoms with Crippen LogP contribution < -0.4 is 5.73 Å². The number of aromatic nitrogens is 2. The first-order chi connectivity index (χ1) is 8.06. The number of rotatable bonds is 5. The zero-order valence-corrected chi connectivity index (χ0v) is 11.5. The number of nitrogen functional groups attached to an aromatic ring is 1. The van der Waals surface area contributed by atoms with E-state index in [9.17, 15) is 0 Å². The average Bonchev–Trinajstić information content (AvgIpc) is 3.02. The fraction of sp³-hybridized carbons (Fsp3) is 0.786. The lowest BCUT2D eigenvalue weighted by Gasteiger charge is -2.14. The third-order valence-corrected chi connectivity index (χ3v) is 3.65. The topological polar surface area (TPSA) is 43.8 Å². The van der Waals surface area contributed by atoms with E-state index in [-0.39, 0.29) is 0 Å². The average molecular weight is 235 g/mol. The zero-order chi connectivity index (χ0) is 12.6. The van der Waals surface area contributed by atoms with Crippen molar-refractivity contribution in [1.29, 1.82) is 0 Å². The highest BCUT2D eigenvalue weighted by Gasteiger charge is 2.32. The lowest BCUT2D eigenvalue weighted by atomic mass is 10.0. The first-order valence-electron chi connectivity index (χ1n) is 6.93. The number of nitrogens with two attached hydrogens (primary N) is 1. The molecule has 17 heavy (non-hydrogen) atoms. The van der Waals surface area contributed by atoms with E-state index < -0.39 is 0 Å². The number of hydrogen-bond acceptors (Lipinski definition) is 2. The predicted octanol–water partition coefficient (Wildman–Crippen LogP) is 3.83. The largest absolute Gasteiger partial charge is 0.384 e. The van der Waals surface area contributed by atoms with Gasteiger partial charge < -0.3 is 10.3 Å². The van der Waals surface area contributed by atoms with Gasteiger partial charge in [-0.25, -0.2) is 4.98 Å². The number of imidazole rings is 1. The highest BCUT2D eigenvalue weighted by Crippen LogP contribution is 2.43. The Morgan fingerprint density at radius 2 is 2.00 bits per heavy atom. The van der Waals surface area contributed by atoms with E-state index in [1.54, 1.807) is 0 Å². The second kappa shape index (κ2) is 4.71. The summed E-state index contributed by atoms with van der Waals surface area (Å²) in [5, 5.41) is 0. The molecule has 0 amide bonds. The minimum absolute atomic E-state index is 0.417. The van der Waals surface area contributed by atoms with Crippen LogP contribution in [0.4, 0.5) is 5.82 Å². The Balaban J connectivity index is 2.37. The van der Waals surface area contributed by atoms with Gasteiger partial charge in [0, 0.05) is 17.9 Å². The number of hydrogen-bond donors (Lipinski definition) is 1. The molecule has 1 aliphatic rings. The van der Waals surface area contributed by atoms with E-state index in [4.69, 9.17) is 10.7 Å². The molecule has 96 valence electrons. The molecular formula is C14H25N3. The molecule has 0 radical (unpaired) electrons. The summed E-state index contributed by atoms with van der Waals surface area (Å²) in [6, 6.07) is 0.417. The van der Waals surface area contributed by atoms with Crippen molar-refractivity contribution in [3.05, 3.63) is 11.5 Å². The van der Waals surface area contributed by atoms with Crippen molar-refractivity contribution >= 4 is 5.82 Å². The van der Waals surface area contributed by atoms with Gasteiger partial charge in [-0.1, -0.05) is 20.3 Å². The summed E-state index contributed by atoms with van der Waals surface area (Å²) in [4.78, 5) is 4.85. The van der Waals surface area contributed by atoms with Gasteiger partial charge >= 0.3 is 0 Å². The molecule has 0 aliphatic heterocycles. The van der Waals surface area contributed by atoms with Gasteiger partial charge in [-0.15, -0.1) is 0 Å². The molecule has 0 bridgehead atoms. The van der Waals surface area contributed by atoms with Crippen molar-refractivity contribution in [3.8, 4) is 0 Å². The molecular weight excluding hydrogens is 210 g/mol. The Labute approximate surface area is 104 Å². The van der Waals surface area contributed by atoms with E-state index in [1.165, 1.54) is 31.5 Å². The third kappa shape index (κ3) is 2.33. The van der Waals surface area contributed by atoms with Crippen molar-refractivity contribution in [2.75, 3.05) is 5.73 Å². The normalized spacial score (nSPS) is 17.7. The summed E-state index contributed by atoms with van der Waals surface area (Å²) in [6.07, 6.45) is 4.92. The van der Waals surface area contributed by atoms with Gasteiger partial charge in [0.05, 0.1) is 5.69 Å². The zero-order valence-electron chi connectivity index (χ0n) is 11.5. The molecule has 1 fully saturated rings. The Kier molecular flexibility index (Phi) is 3.45. The molecule has 3 nitrogen and oxygen atoms in total. The number of nitrogens with zero attached hydrogens (tertiary/aromatic N) is 2. The van der Waals surface area contributed by atoms with Crippen LogP contribution in [0.15, 0.2) is 0 Å². The van der Waals surface area contributed by atoms with Crippen LogP contribution in [0.2, 0.25) is 0 Å². The second-order valence-corrected chi connectivity index (χ2v) is 5.67. The van der Waals surface area contributed by atoms with Crippen molar-refractivity contribution < 1.29 is 0 Å². The molecule has 2 rings (SSSR count).